The van der Waals surface area contributed by atoms with Crippen molar-refractivity contribution in [2.24, 2.45) is 4.99 Å². The van der Waals surface area contributed by atoms with Gasteiger partial charge in [0.05, 0.1) is 5.01 Å². The van der Waals surface area contributed by atoms with E-state index in [1.807, 2.05) is 13.2 Å². The highest BCUT2D eigenvalue weighted by Gasteiger charge is 2.10. The van der Waals surface area contributed by atoms with Crippen LogP contribution in [-0.4, -0.2) is 24.5 Å². The van der Waals surface area contributed by atoms with Crippen LogP contribution in [-0.2, 0) is 25.8 Å². The fourth-order valence-corrected chi connectivity index (χ4v) is 3.73. The maximum atomic E-state index is 4.38. The number of fused-ring (bicyclic) bond motifs is 1. The fraction of sp³-hybridized carbons (Fsp3) is 0.444. The number of benzene rings is 1. The van der Waals surface area contributed by atoms with E-state index in [4.69, 9.17) is 0 Å². The van der Waals surface area contributed by atoms with Crippen LogP contribution in [0.3, 0.4) is 0 Å². The second-order valence-electron chi connectivity index (χ2n) is 5.92. The fourth-order valence-electron chi connectivity index (χ4n) is 2.95. The van der Waals surface area contributed by atoms with Crippen molar-refractivity contribution >= 4 is 41.3 Å². The number of guanidine groups is 1. The number of hydrogen-bond acceptors (Lipinski definition) is 3. The molecule has 1 heterocycles. The van der Waals surface area contributed by atoms with Crippen LogP contribution >= 0.6 is 35.3 Å². The molecular formula is C18H25IN4S. The van der Waals surface area contributed by atoms with Gasteiger partial charge in [0.15, 0.2) is 5.96 Å². The first-order chi connectivity index (χ1) is 11.2. The summed E-state index contributed by atoms with van der Waals surface area (Å²) in [6, 6.07) is 6.84. The summed E-state index contributed by atoms with van der Waals surface area (Å²) < 4.78 is 0. The van der Waals surface area contributed by atoms with Gasteiger partial charge in [0.25, 0.3) is 0 Å². The van der Waals surface area contributed by atoms with Gasteiger partial charge in [0.1, 0.15) is 0 Å². The molecule has 2 N–H and O–H groups in total. The smallest absolute Gasteiger partial charge is 0.191 e. The van der Waals surface area contributed by atoms with Crippen LogP contribution in [0.1, 0.15) is 33.0 Å². The number of hydrogen-bond donors (Lipinski definition) is 2. The summed E-state index contributed by atoms with van der Waals surface area (Å²) in [5.74, 6) is 0.846. The number of nitrogens with one attached hydrogen (secondary N) is 2. The Labute approximate surface area is 165 Å². The Morgan fingerprint density at radius 2 is 2.08 bits per heavy atom. The topological polar surface area (TPSA) is 49.3 Å². The number of rotatable bonds is 5. The van der Waals surface area contributed by atoms with Crippen molar-refractivity contribution in [3.8, 4) is 0 Å². The standard InChI is InChI=1S/C18H24N4S.HI/c1-13-11-21-17(23-13)8-9-20-18(19-2)22-12-14-6-7-15-4-3-5-16(15)10-14;/h6-7,10-11H,3-5,8-9,12H2,1-2H3,(H2,19,20,22);1H. The Hall–Kier alpha value is -1.15. The van der Waals surface area contributed by atoms with Gasteiger partial charge in [-0.3, -0.25) is 4.99 Å². The van der Waals surface area contributed by atoms with Crippen LogP contribution in [0.4, 0.5) is 0 Å². The summed E-state index contributed by atoms with van der Waals surface area (Å²) in [6.07, 6.45) is 6.62. The lowest BCUT2D eigenvalue weighted by molar-refractivity contribution is 0.791. The van der Waals surface area contributed by atoms with E-state index >= 15 is 0 Å². The lowest BCUT2D eigenvalue weighted by atomic mass is 10.1. The second kappa shape index (κ2) is 9.36. The van der Waals surface area contributed by atoms with E-state index in [0.29, 0.717) is 0 Å². The van der Waals surface area contributed by atoms with Crippen LogP contribution in [0.15, 0.2) is 29.4 Å². The zero-order valence-corrected chi connectivity index (χ0v) is 17.4. The molecule has 0 aliphatic heterocycles. The molecule has 0 bridgehead atoms. The van der Waals surface area contributed by atoms with Crippen molar-refractivity contribution in [1.29, 1.82) is 0 Å². The van der Waals surface area contributed by atoms with Crippen LogP contribution in [0.2, 0.25) is 0 Å². The molecular weight excluding hydrogens is 431 g/mol. The van der Waals surface area contributed by atoms with Gasteiger partial charge in [-0.2, -0.15) is 0 Å². The highest BCUT2D eigenvalue weighted by Crippen LogP contribution is 2.22. The van der Waals surface area contributed by atoms with Crippen molar-refractivity contribution in [3.05, 3.63) is 51.0 Å². The number of halogens is 1. The zero-order valence-electron chi connectivity index (χ0n) is 14.3. The van der Waals surface area contributed by atoms with Gasteiger partial charge in [-0.1, -0.05) is 18.2 Å². The lowest BCUT2D eigenvalue weighted by Crippen LogP contribution is -2.37. The SMILES string of the molecule is CN=C(NCCc1ncc(C)s1)NCc1ccc2c(c1)CCC2.I. The Balaban J connectivity index is 0.00000208. The molecule has 3 rings (SSSR count). The molecule has 1 aliphatic rings. The molecule has 130 valence electrons. The number of nitrogens with zero attached hydrogens (tertiary/aromatic N) is 2. The Morgan fingerprint density at radius 3 is 2.83 bits per heavy atom. The first kappa shape index (κ1) is 19.2. The Morgan fingerprint density at radius 1 is 1.25 bits per heavy atom. The average Bonchev–Trinajstić information content (AvgIpc) is 3.18. The number of aliphatic imine (C=N–C) groups is 1. The van der Waals surface area contributed by atoms with Gasteiger partial charge >= 0.3 is 0 Å². The zero-order chi connectivity index (χ0) is 16.1. The van der Waals surface area contributed by atoms with Crippen molar-refractivity contribution in [2.75, 3.05) is 13.6 Å². The molecule has 4 nitrogen and oxygen atoms in total. The second-order valence-corrected chi connectivity index (χ2v) is 7.24. The van der Waals surface area contributed by atoms with Crippen LogP contribution in [0, 0.1) is 6.92 Å². The third-order valence-electron chi connectivity index (χ3n) is 4.15. The van der Waals surface area contributed by atoms with Gasteiger partial charge in [0.2, 0.25) is 0 Å². The molecule has 0 atom stereocenters. The molecule has 0 saturated heterocycles. The van der Waals surface area contributed by atoms with Gasteiger partial charge in [0, 0.05) is 37.6 Å². The minimum Gasteiger partial charge on any atom is -0.356 e. The van der Waals surface area contributed by atoms with Gasteiger partial charge in [-0.15, -0.1) is 35.3 Å². The molecule has 1 aliphatic carbocycles. The molecule has 0 fully saturated rings. The highest BCUT2D eigenvalue weighted by molar-refractivity contribution is 14.0. The van der Waals surface area contributed by atoms with Crippen molar-refractivity contribution in [1.82, 2.24) is 15.6 Å². The van der Waals surface area contributed by atoms with Gasteiger partial charge in [-0.25, -0.2) is 4.98 Å². The Bertz CT molecular complexity index is 696. The van der Waals surface area contributed by atoms with E-state index in [1.54, 1.807) is 11.3 Å². The monoisotopic (exact) mass is 456 g/mol. The highest BCUT2D eigenvalue weighted by atomic mass is 127. The van der Waals surface area contributed by atoms with E-state index in [2.05, 4.69) is 45.7 Å². The lowest BCUT2D eigenvalue weighted by Gasteiger charge is -2.12. The first-order valence-corrected chi connectivity index (χ1v) is 9.03. The molecule has 0 amide bonds. The largest absolute Gasteiger partial charge is 0.356 e. The third kappa shape index (κ3) is 5.17. The summed E-state index contributed by atoms with van der Waals surface area (Å²) in [6.45, 7) is 3.74. The minimum atomic E-state index is 0. The molecule has 1 aromatic carbocycles. The Kier molecular flexibility index (Phi) is 7.48. The summed E-state index contributed by atoms with van der Waals surface area (Å²) in [5.41, 5.74) is 4.37. The van der Waals surface area contributed by atoms with E-state index in [0.717, 1.165) is 25.5 Å². The number of aryl methyl sites for hydroxylation is 3. The predicted octanol–water partition coefficient (Wildman–Crippen LogP) is 3.47. The molecule has 0 unspecified atom stereocenters. The van der Waals surface area contributed by atoms with E-state index in [-0.39, 0.29) is 24.0 Å². The van der Waals surface area contributed by atoms with Crippen LogP contribution in [0.5, 0.6) is 0 Å². The van der Waals surface area contributed by atoms with Crippen LogP contribution in [0.25, 0.3) is 0 Å². The van der Waals surface area contributed by atoms with Crippen molar-refractivity contribution in [2.45, 2.75) is 39.2 Å². The quantitative estimate of drug-likeness (QED) is 0.412. The molecule has 2 aromatic rings. The number of thiazole rings is 1. The number of aromatic nitrogens is 1. The maximum Gasteiger partial charge on any atom is 0.191 e. The predicted molar refractivity (Wildman–Crippen MR) is 113 cm³/mol. The first-order valence-electron chi connectivity index (χ1n) is 8.21. The van der Waals surface area contributed by atoms with E-state index in [1.165, 1.54) is 45.8 Å². The summed E-state index contributed by atoms with van der Waals surface area (Å²) in [7, 11) is 1.81. The van der Waals surface area contributed by atoms with Crippen molar-refractivity contribution in [3.63, 3.8) is 0 Å². The molecule has 1 aromatic heterocycles. The minimum absolute atomic E-state index is 0. The summed E-state index contributed by atoms with van der Waals surface area (Å²) in [4.78, 5) is 9.94. The normalized spacial score (nSPS) is 13.3. The summed E-state index contributed by atoms with van der Waals surface area (Å²) in [5, 5.41) is 7.92. The van der Waals surface area contributed by atoms with Gasteiger partial charge in [-0.05, 0) is 42.9 Å². The maximum absolute atomic E-state index is 4.38. The molecule has 24 heavy (non-hydrogen) atoms. The van der Waals surface area contributed by atoms with Crippen LogP contribution < -0.4 is 10.6 Å². The third-order valence-corrected chi connectivity index (χ3v) is 5.12. The summed E-state index contributed by atoms with van der Waals surface area (Å²) >= 11 is 1.76. The average molecular weight is 456 g/mol. The molecule has 0 saturated carbocycles. The molecule has 6 heteroatoms. The molecule has 0 radical (unpaired) electrons. The molecule has 0 spiro atoms. The van der Waals surface area contributed by atoms with Gasteiger partial charge < -0.3 is 10.6 Å². The van der Waals surface area contributed by atoms with E-state index < -0.39 is 0 Å². The van der Waals surface area contributed by atoms with Crippen molar-refractivity contribution < 1.29 is 0 Å². The van der Waals surface area contributed by atoms with E-state index in [9.17, 15) is 0 Å².